The molecule has 1 aliphatic heterocycles. The van der Waals surface area contributed by atoms with Crippen LogP contribution in [0.1, 0.15) is 0 Å². The lowest BCUT2D eigenvalue weighted by Gasteiger charge is -2.21. The van der Waals surface area contributed by atoms with Crippen LogP contribution in [0.5, 0.6) is 0 Å². The highest BCUT2D eigenvalue weighted by molar-refractivity contribution is 8.40. The highest BCUT2D eigenvalue weighted by Gasteiger charge is 2.16. The first-order valence-electron chi connectivity index (χ1n) is 2.47. The number of thioether (sulfide) groups is 1. The maximum atomic E-state index is 2.42. The Hall–Kier alpha value is 0.700. The van der Waals surface area contributed by atoms with Gasteiger partial charge in [0.25, 0.3) is 0 Å². The van der Waals surface area contributed by atoms with Crippen LogP contribution in [0.4, 0.5) is 0 Å². The highest BCUT2D eigenvalue weighted by Crippen LogP contribution is 2.48. The smallest absolute Gasteiger partial charge is 0.0232 e. The molecule has 2 heteroatoms. The third kappa shape index (κ3) is 1.57. The molecule has 0 spiro atoms. The second-order valence-corrected chi connectivity index (χ2v) is 8.20. The summed E-state index contributed by atoms with van der Waals surface area (Å²) < 4.78 is 0. The molecule has 44 valence electrons. The predicted molar refractivity (Wildman–Crippen MR) is 41.6 cm³/mol. The quantitative estimate of drug-likeness (QED) is 0.489. The van der Waals surface area contributed by atoms with Crippen molar-refractivity contribution in [1.29, 1.82) is 0 Å². The molecule has 0 saturated carbocycles. The first-order chi connectivity index (χ1) is 3.21. The molecule has 1 rings (SSSR count). The molecule has 1 aliphatic rings. The second-order valence-electron chi connectivity index (χ2n) is 2.50. The fourth-order valence-electron chi connectivity index (χ4n) is 0.628. The Balaban J connectivity index is 2.40. The lowest BCUT2D eigenvalue weighted by Crippen LogP contribution is -1.94. The monoisotopic (exact) mass is 136 g/mol. The minimum absolute atomic E-state index is 0.0833. The van der Waals surface area contributed by atoms with Crippen LogP contribution < -0.4 is 0 Å². The lowest BCUT2D eigenvalue weighted by molar-refractivity contribution is 1.55. The van der Waals surface area contributed by atoms with Crippen molar-refractivity contribution >= 4 is 21.8 Å². The summed E-state index contributed by atoms with van der Waals surface area (Å²) in [4.78, 5) is 0. The van der Waals surface area contributed by atoms with Gasteiger partial charge in [0, 0.05) is 10.8 Å². The van der Waals surface area contributed by atoms with Crippen molar-refractivity contribution in [3.05, 3.63) is 0 Å². The van der Waals surface area contributed by atoms with E-state index >= 15 is 0 Å². The summed E-state index contributed by atoms with van der Waals surface area (Å²) in [6.07, 6.45) is 4.85. The average molecular weight is 136 g/mol. The molecule has 0 aromatic carbocycles. The van der Waals surface area contributed by atoms with Gasteiger partial charge in [0.2, 0.25) is 0 Å². The molecule has 7 heavy (non-hydrogen) atoms. The standard InChI is InChI=1S/C5H12S2/c1-7(2)4-3-6-5-7/h3-5H2,1-2H3. The summed E-state index contributed by atoms with van der Waals surface area (Å²) in [6.45, 7) is 0. The van der Waals surface area contributed by atoms with Crippen LogP contribution in [0.2, 0.25) is 0 Å². The largest absolute Gasteiger partial charge is 0.237 e. The van der Waals surface area contributed by atoms with Gasteiger partial charge >= 0.3 is 0 Å². The SMILES string of the molecule is CS1(C)CCSC1. The van der Waals surface area contributed by atoms with E-state index in [0.717, 1.165) is 0 Å². The van der Waals surface area contributed by atoms with Crippen LogP contribution in [0.25, 0.3) is 0 Å². The summed E-state index contributed by atoms with van der Waals surface area (Å²) >= 11 is 2.12. The van der Waals surface area contributed by atoms with E-state index in [-0.39, 0.29) is 10.0 Å². The zero-order valence-electron chi connectivity index (χ0n) is 4.94. The third-order valence-corrected chi connectivity index (χ3v) is 6.46. The van der Waals surface area contributed by atoms with E-state index in [0.29, 0.717) is 0 Å². The second kappa shape index (κ2) is 1.90. The van der Waals surface area contributed by atoms with E-state index in [1.807, 2.05) is 0 Å². The van der Waals surface area contributed by atoms with Gasteiger partial charge in [-0.1, -0.05) is 0 Å². The Bertz CT molecular complexity index is 60.5. The van der Waals surface area contributed by atoms with Gasteiger partial charge in [-0.25, -0.2) is 10.0 Å². The van der Waals surface area contributed by atoms with Gasteiger partial charge in [-0.2, -0.15) is 11.8 Å². The first kappa shape index (κ1) is 5.83. The van der Waals surface area contributed by atoms with Crippen LogP contribution in [-0.2, 0) is 0 Å². The number of hydrogen-bond donors (Lipinski definition) is 0. The topological polar surface area (TPSA) is 0 Å². The van der Waals surface area contributed by atoms with Crippen LogP contribution >= 0.6 is 21.8 Å². The van der Waals surface area contributed by atoms with E-state index in [1.54, 1.807) is 0 Å². The molecule has 0 amide bonds. The molecule has 0 bridgehead atoms. The maximum Gasteiger partial charge on any atom is 0.0232 e. The molecule has 1 saturated heterocycles. The summed E-state index contributed by atoms with van der Waals surface area (Å²) in [7, 11) is -0.0833. The first-order valence-corrected chi connectivity index (χ1v) is 6.41. The molecule has 0 radical (unpaired) electrons. The van der Waals surface area contributed by atoms with Crippen molar-refractivity contribution in [3.8, 4) is 0 Å². The highest BCUT2D eigenvalue weighted by atomic mass is 32.3. The molecule has 0 aromatic heterocycles. The molecule has 0 aliphatic carbocycles. The van der Waals surface area contributed by atoms with E-state index < -0.39 is 0 Å². The Labute approximate surface area is 51.4 Å². The van der Waals surface area contributed by atoms with Crippen LogP contribution in [0.3, 0.4) is 0 Å². The molecule has 0 nitrogen and oxygen atoms in total. The van der Waals surface area contributed by atoms with Crippen molar-refractivity contribution in [2.75, 3.05) is 29.1 Å². The normalized spacial score (nSPS) is 32.9. The molecule has 0 atom stereocenters. The molecule has 1 heterocycles. The van der Waals surface area contributed by atoms with Gasteiger partial charge in [-0.05, 0) is 18.3 Å². The molecule has 0 N–H and O–H groups in total. The molecular formula is C5H12S2. The van der Waals surface area contributed by atoms with Gasteiger partial charge < -0.3 is 0 Å². The predicted octanol–water partition coefficient (Wildman–Crippen LogP) is 1.75. The Morgan fingerprint density at radius 2 is 2.14 bits per heavy atom. The zero-order chi connectivity index (χ0) is 5.33. The maximum absolute atomic E-state index is 2.42. The average Bonchev–Trinajstić information content (AvgIpc) is 1.84. The Morgan fingerprint density at radius 3 is 2.29 bits per heavy atom. The van der Waals surface area contributed by atoms with Crippen LogP contribution in [0.15, 0.2) is 0 Å². The molecular weight excluding hydrogens is 124 g/mol. The van der Waals surface area contributed by atoms with Crippen molar-refractivity contribution in [1.82, 2.24) is 0 Å². The molecule has 1 fully saturated rings. The number of rotatable bonds is 0. The van der Waals surface area contributed by atoms with E-state index in [9.17, 15) is 0 Å². The van der Waals surface area contributed by atoms with Crippen molar-refractivity contribution in [2.24, 2.45) is 0 Å². The fourth-order valence-corrected chi connectivity index (χ4v) is 5.65. The van der Waals surface area contributed by atoms with Crippen LogP contribution in [0, 0.1) is 0 Å². The van der Waals surface area contributed by atoms with E-state index in [2.05, 4.69) is 24.3 Å². The minimum atomic E-state index is -0.0833. The fraction of sp³-hybridized carbons (Fsp3) is 1.00. The number of hydrogen-bond acceptors (Lipinski definition) is 1. The molecule has 0 unspecified atom stereocenters. The Morgan fingerprint density at radius 1 is 1.43 bits per heavy atom. The van der Waals surface area contributed by atoms with Gasteiger partial charge in [-0.3, -0.25) is 0 Å². The van der Waals surface area contributed by atoms with Crippen molar-refractivity contribution < 1.29 is 0 Å². The molecule has 0 aromatic rings. The van der Waals surface area contributed by atoms with Gasteiger partial charge in [0.15, 0.2) is 0 Å². The van der Waals surface area contributed by atoms with E-state index in [4.69, 9.17) is 0 Å². The summed E-state index contributed by atoms with van der Waals surface area (Å²) in [5, 5.41) is 1.45. The summed E-state index contributed by atoms with van der Waals surface area (Å²) in [5.41, 5.74) is 0. The van der Waals surface area contributed by atoms with Crippen molar-refractivity contribution in [2.45, 2.75) is 0 Å². The third-order valence-electron chi connectivity index (χ3n) is 1.18. The van der Waals surface area contributed by atoms with E-state index in [1.165, 1.54) is 16.6 Å². The summed E-state index contributed by atoms with van der Waals surface area (Å²) in [6, 6.07) is 0. The van der Waals surface area contributed by atoms with Gasteiger partial charge in [0.05, 0.1) is 0 Å². The van der Waals surface area contributed by atoms with Crippen molar-refractivity contribution in [3.63, 3.8) is 0 Å². The zero-order valence-corrected chi connectivity index (χ0v) is 6.57. The van der Waals surface area contributed by atoms with Gasteiger partial charge in [-0.15, -0.1) is 0 Å². The summed E-state index contributed by atoms with van der Waals surface area (Å²) in [5.74, 6) is 2.92. The lowest BCUT2D eigenvalue weighted by atomic mass is 11.0. The van der Waals surface area contributed by atoms with Gasteiger partial charge in [0.1, 0.15) is 0 Å². The van der Waals surface area contributed by atoms with Crippen LogP contribution in [-0.4, -0.2) is 29.1 Å². The Kier molecular flexibility index (Phi) is 1.58. The minimum Gasteiger partial charge on any atom is -0.237 e.